The molecule has 0 N–H and O–H groups in total. The number of carbonyl (C=O) groups is 1. The van der Waals surface area contributed by atoms with E-state index in [2.05, 4.69) is 35.3 Å². The summed E-state index contributed by atoms with van der Waals surface area (Å²) >= 11 is 0. The van der Waals surface area contributed by atoms with Gasteiger partial charge in [0.15, 0.2) is 0 Å². The van der Waals surface area contributed by atoms with Crippen LogP contribution in [0.15, 0.2) is 42.6 Å². The quantitative estimate of drug-likeness (QED) is 0.796. The van der Waals surface area contributed by atoms with E-state index >= 15 is 0 Å². The van der Waals surface area contributed by atoms with Crippen molar-refractivity contribution in [1.82, 2.24) is 4.98 Å². The van der Waals surface area contributed by atoms with Gasteiger partial charge in [0.1, 0.15) is 5.78 Å². The Morgan fingerprint density at radius 1 is 1.09 bits per heavy atom. The van der Waals surface area contributed by atoms with Gasteiger partial charge < -0.3 is 0 Å². The van der Waals surface area contributed by atoms with Gasteiger partial charge in [-0.25, -0.2) is 0 Å². The van der Waals surface area contributed by atoms with Gasteiger partial charge in [0.25, 0.3) is 0 Å². The molecule has 0 saturated heterocycles. The molecular weight excluding hydrogens is 270 g/mol. The summed E-state index contributed by atoms with van der Waals surface area (Å²) in [6.07, 6.45) is 8.27. The average molecular weight is 293 g/mol. The molecule has 2 aromatic rings. The molecule has 114 valence electrons. The fourth-order valence-electron chi connectivity index (χ4n) is 3.38. The molecule has 0 unspecified atom stereocenters. The smallest absolute Gasteiger partial charge is 0.137 e. The molecular formula is C20H23NO. The summed E-state index contributed by atoms with van der Waals surface area (Å²) in [6, 6.07) is 12.5. The van der Waals surface area contributed by atoms with E-state index in [9.17, 15) is 4.79 Å². The summed E-state index contributed by atoms with van der Waals surface area (Å²) in [5, 5.41) is 0. The second-order valence-corrected chi connectivity index (χ2v) is 6.45. The standard InChI is InChI=1S/C20H23NO/c1-15-12-19(10-11-21-15)18-8-6-17(7-9-18)14-20(22)13-16-4-2-3-5-16/h6-12,16H,2-5,13-14H2,1H3. The van der Waals surface area contributed by atoms with E-state index in [4.69, 9.17) is 0 Å². The van der Waals surface area contributed by atoms with Gasteiger partial charge in [-0.3, -0.25) is 9.78 Å². The van der Waals surface area contributed by atoms with Crippen molar-refractivity contribution in [2.45, 2.75) is 45.4 Å². The highest BCUT2D eigenvalue weighted by Gasteiger charge is 2.18. The van der Waals surface area contributed by atoms with Crippen LogP contribution in [0.25, 0.3) is 11.1 Å². The van der Waals surface area contributed by atoms with Gasteiger partial charge >= 0.3 is 0 Å². The Labute approximate surface area is 132 Å². The molecule has 22 heavy (non-hydrogen) atoms. The minimum atomic E-state index is 0.388. The van der Waals surface area contributed by atoms with Gasteiger partial charge in [0, 0.05) is 24.7 Å². The maximum absolute atomic E-state index is 12.2. The van der Waals surface area contributed by atoms with Gasteiger partial charge in [0.05, 0.1) is 0 Å². The van der Waals surface area contributed by atoms with E-state index < -0.39 is 0 Å². The minimum Gasteiger partial charge on any atom is -0.299 e. The maximum atomic E-state index is 12.2. The van der Waals surface area contributed by atoms with E-state index in [-0.39, 0.29) is 0 Å². The van der Waals surface area contributed by atoms with Crippen LogP contribution in [0.2, 0.25) is 0 Å². The largest absolute Gasteiger partial charge is 0.299 e. The molecule has 1 fully saturated rings. The Morgan fingerprint density at radius 3 is 2.50 bits per heavy atom. The predicted octanol–water partition coefficient (Wildman–Crippen LogP) is 4.75. The maximum Gasteiger partial charge on any atom is 0.137 e. The number of hydrogen-bond donors (Lipinski definition) is 0. The van der Waals surface area contributed by atoms with Crippen molar-refractivity contribution in [1.29, 1.82) is 0 Å². The summed E-state index contributed by atoms with van der Waals surface area (Å²) in [4.78, 5) is 16.4. The summed E-state index contributed by atoms with van der Waals surface area (Å²) in [6.45, 7) is 2.00. The average Bonchev–Trinajstić information content (AvgIpc) is 3.01. The van der Waals surface area contributed by atoms with E-state index in [0.29, 0.717) is 18.1 Å². The monoisotopic (exact) mass is 293 g/mol. The highest BCUT2D eigenvalue weighted by molar-refractivity contribution is 5.81. The van der Waals surface area contributed by atoms with E-state index in [1.165, 1.54) is 36.8 Å². The summed E-state index contributed by atoms with van der Waals surface area (Å²) in [5.41, 5.74) is 4.50. The zero-order chi connectivity index (χ0) is 15.4. The molecule has 3 rings (SSSR count). The molecule has 0 spiro atoms. The molecule has 2 heteroatoms. The topological polar surface area (TPSA) is 30.0 Å². The number of hydrogen-bond acceptors (Lipinski definition) is 2. The number of rotatable bonds is 5. The van der Waals surface area contributed by atoms with Gasteiger partial charge in [-0.2, -0.15) is 0 Å². The van der Waals surface area contributed by atoms with Crippen LogP contribution in [0.3, 0.4) is 0 Å². The third-order valence-corrected chi connectivity index (χ3v) is 4.58. The molecule has 1 aromatic heterocycles. The van der Waals surface area contributed by atoms with Crippen LogP contribution in [-0.4, -0.2) is 10.8 Å². The first kappa shape index (κ1) is 15.0. The molecule has 1 aromatic carbocycles. The number of aromatic nitrogens is 1. The number of nitrogens with zero attached hydrogens (tertiary/aromatic N) is 1. The molecule has 1 aliphatic carbocycles. The van der Waals surface area contributed by atoms with Crippen molar-refractivity contribution < 1.29 is 4.79 Å². The highest BCUT2D eigenvalue weighted by Crippen LogP contribution is 2.28. The van der Waals surface area contributed by atoms with Gasteiger partial charge in [-0.1, -0.05) is 49.9 Å². The van der Waals surface area contributed by atoms with Gasteiger partial charge in [0.2, 0.25) is 0 Å². The second-order valence-electron chi connectivity index (χ2n) is 6.45. The Balaban J connectivity index is 1.62. The molecule has 1 aliphatic rings. The van der Waals surface area contributed by atoms with Gasteiger partial charge in [-0.05, 0) is 41.7 Å². The number of aryl methyl sites for hydroxylation is 1. The SMILES string of the molecule is Cc1cc(-c2ccc(CC(=O)CC3CCCC3)cc2)ccn1. The van der Waals surface area contributed by atoms with Crippen LogP contribution in [0.4, 0.5) is 0 Å². The Bertz CT molecular complexity index is 639. The first-order valence-electron chi connectivity index (χ1n) is 8.24. The molecule has 0 bridgehead atoms. The van der Waals surface area contributed by atoms with E-state index in [1.54, 1.807) is 0 Å². The van der Waals surface area contributed by atoms with Crippen molar-refractivity contribution in [2.75, 3.05) is 0 Å². The number of benzene rings is 1. The van der Waals surface area contributed by atoms with Gasteiger partial charge in [-0.15, -0.1) is 0 Å². The van der Waals surface area contributed by atoms with Crippen LogP contribution >= 0.6 is 0 Å². The summed E-state index contributed by atoms with van der Waals surface area (Å²) in [5.74, 6) is 1.03. The van der Waals surface area contributed by atoms with Crippen LogP contribution < -0.4 is 0 Å². The predicted molar refractivity (Wildman–Crippen MR) is 89.7 cm³/mol. The number of carbonyl (C=O) groups excluding carboxylic acids is 1. The normalized spacial score (nSPS) is 15.1. The van der Waals surface area contributed by atoms with Crippen molar-refractivity contribution in [3.05, 3.63) is 53.9 Å². The number of ketones is 1. The Morgan fingerprint density at radius 2 is 1.82 bits per heavy atom. The molecule has 0 atom stereocenters. The number of Topliss-reactive ketones (excluding diaryl/α,β-unsaturated/α-hetero) is 1. The van der Waals surface area contributed by atoms with Crippen LogP contribution in [-0.2, 0) is 11.2 Å². The van der Waals surface area contributed by atoms with Crippen LogP contribution in [0, 0.1) is 12.8 Å². The first-order valence-corrected chi connectivity index (χ1v) is 8.24. The Kier molecular flexibility index (Phi) is 4.67. The van der Waals surface area contributed by atoms with Crippen molar-refractivity contribution >= 4 is 5.78 Å². The highest BCUT2D eigenvalue weighted by atomic mass is 16.1. The zero-order valence-electron chi connectivity index (χ0n) is 13.2. The van der Waals surface area contributed by atoms with Crippen LogP contribution in [0.5, 0.6) is 0 Å². The molecule has 0 aliphatic heterocycles. The van der Waals surface area contributed by atoms with E-state index in [1.807, 2.05) is 19.2 Å². The Hall–Kier alpha value is -1.96. The second kappa shape index (κ2) is 6.87. The lowest BCUT2D eigenvalue weighted by molar-refractivity contribution is -0.119. The first-order chi connectivity index (χ1) is 10.7. The van der Waals surface area contributed by atoms with E-state index in [0.717, 1.165) is 17.7 Å². The van der Waals surface area contributed by atoms with Crippen molar-refractivity contribution in [2.24, 2.45) is 5.92 Å². The third kappa shape index (κ3) is 3.82. The summed E-state index contributed by atoms with van der Waals surface area (Å²) < 4.78 is 0. The van der Waals surface area contributed by atoms with Crippen molar-refractivity contribution in [3.8, 4) is 11.1 Å². The lowest BCUT2D eigenvalue weighted by Gasteiger charge is -2.08. The molecule has 0 amide bonds. The zero-order valence-corrected chi connectivity index (χ0v) is 13.2. The fraction of sp³-hybridized carbons (Fsp3) is 0.400. The molecule has 0 radical (unpaired) electrons. The van der Waals surface area contributed by atoms with Crippen LogP contribution in [0.1, 0.15) is 43.4 Å². The summed E-state index contributed by atoms with van der Waals surface area (Å²) in [7, 11) is 0. The molecule has 1 heterocycles. The molecule has 1 saturated carbocycles. The lowest BCUT2D eigenvalue weighted by atomic mass is 9.96. The fourth-order valence-corrected chi connectivity index (χ4v) is 3.38. The number of pyridine rings is 1. The minimum absolute atomic E-state index is 0.388. The molecule has 2 nitrogen and oxygen atoms in total. The third-order valence-electron chi connectivity index (χ3n) is 4.58. The van der Waals surface area contributed by atoms with Crippen molar-refractivity contribution in [3.63, 3.8) is 0 Å². The lowest BCUT2D eigenvalue weighted by Crippen LogP contribution is -2.08.